The van der Waals surface area contributed by atoms with Gasteiger partial charge in [-0.1, -0.05) is 0 Å². The van der Waals surface area contributed by atoms with E-state index in [1.807, 2.05) is 0 Å². The second-order valence-electron chi connectivity index (χ2n) is 0.204. The van der Waals surface area contributed by atoms with E-state index in [0.29, 0.717) is 0 Å². The Morgan fingerprint density at radius 1 is 1.00 bits per heavy atom. The Labute approximate surface area is 62.2 Å². The molecular weight excluding hydrogens is 107 g/mol. The van der Waals surface area contributed by atoms with Gasteiger partial charge in [-0.3, -0.25) is 0 Å². The summed E-state index contributed by atoms with van der Waals surface area (Å²) in [6.45, 7) is 0. The Bertz CT molecular complexity index is 67.7. The van der Waals surface area contributed by atoms with E-state index in [4.69, 9.17) is 20.4 Å². The van der Waals surface area contributed by atoms with Crippen LogP contribution in [0.1, 0.15) is 0 Å². The number of hydrogen-bond acceptors (Lipinski definition) is 4. The monoisotopic (exact) mass is 109 g/mol. The van der Waals surface area contributed by atoms with E-state index < -0.39 is 0 Å². The number of isocyanates is 2. The van der Waals surface area contributed by atoms with Crippen molar-refractivity contribution in [3.63, 3.8) is 0 Å². The van der Waals surface area contributed by atoms with E-state index in [-0.39, 0.29) is 29.6 Å². The summed E-state index contributed by atoms with van der Waals surface area (Å²) in [6, 6.07) is 0. The van der Waals surface area contributed by atoms with E-state index in [2.05, 4.69) is 0 Å². The average molecular weight is 109 g/mol. The third-order valence-electron chi connectivity index (χ3n) is 0. The summed E-state index contributed by atoms with van der Waals surface area (Å²) in [5, 5.41) is 10.8. The van der Waals surface area contributed by atoms with Gasteiger partial charge in [-0.25, -0.2) is 20.4 Å². The molecule has 7 heavy (non-hydrogen) atoms. The Hall–Kier alpha value is -0.240. The standard InChI is InChI=1S/2CHNO.Na/c2*2-1-3;/h2*2H;. The summed E-state index contributed by atoms with van der Waals surface area (Å²) in [5.41, 5.74) is 0. The van der Waals surface area contributed by atoms with Gasteiger partial charge < -0.3 is 0 Å². The summed E-state index contributed by atoms with van der Waals surface area (Å²) in [5.74, 6) is 0. The van der Waals surface area contributed by atoms with Crippen molar-refractivity contribution in [1.29, 1.82) is 10.8 Å². The van der Waals surface area contributed by atoms with Crippen LogP contribution in [0, 0.1) is 10.8 Å². The molecule has 0 spiro atoms. The van der Waals surface area contributed by atoms with Crippen LogP contribution in [-0.4, -0.2) is 41.7 Å². The molecule has 0 aliphatic rings. The molecule has 0 heterocycles. The van der Waals surface area contributed by atoms with Gasteiger partial charge in [0.05, 0.1) is 0 Å². The molecule has 0 bridgehead atoms. The molecule has 2 N–H and O–H groups in total. The molecule has 0 aliphatic carbocycles. The summed E-state index contributed by atoms with van der Waals surface area (Å²) in [6.07, 6.45) is 1.50. The van der Waals surface area contributed by atoms with Crippen molar-refractivity contribution in [3.8, 4) is 0 Å². The molecule has 5 heteroatoms. The van der Waals surface area contributed by atoms with Gasteiger partial charge in [0.1, 0.15) is 0 Å². The Morgan fingerprint density at radius 3 is 1.00 bits per heavy atom. The van der Waals surface area contributed by atoms with E-state index in [1.165, 1.54) is 0 Å². The second-order valence-corrected chi connectivity index (χ2v) is 0.204. The first-order valence-corrected chi connectivity index (χ1v) is 0.908. The van der Waals surface area contributed by atoms with E-state index >= 15 is 0 Å². The largest absolute Gasteiger partial charge is 0.231 e. The zero-order valence-corrected chi connectivity index (χ0v) is 5.82. The molecule has 0 amide bonds. The van der Waals surface area contributed by atoms with E-state index in [1.54, 1.807) is 0 Å². The molecule has 0 fully saturated rings. The fourth-order valence-corrected chi connectivity index (χ4v) is 0. The fraction of sp³-hybridized carbons (Fsp3) is 0. The van der Waals surface area contributed by atoms with E-state index in [9.17, 15) is 0 Å². The van der Waals surface area contributed by atoms with Crippen molar-refractivity contribution in [2.75, 3.05) is 0 Å². The average Bonchev–Trinajstić information content (AvgIpc) is 1.39. The number of carbonyl (C=O) groups excluding carboxylic acids is 2. The predicted octanol–water partition coefficient (Wildman–Crippen LogP) is -0.579. The fourth-order valence-electron chi connectivity index (χ4n) is 0. The minimum atomic E-state index is 0. The van der Waals surface area contributed by atoms with Crippen LogP contribution in [0.2, 0.25) is 0 Å². The molecule has 0 aromatic carbocycles. The first-order chi connectivity index (χ1) is 2.83. The van der Waals surface area contributed by atoms with Gasteiger partial charge in [-0.2, -0.15) is 0 Å². The molecule has 4 nitrogen and oxygen atoms in total. The van der Waals surface area contributed by atoms with Crippen molar-refractivity contribution < 1.29 is 9.59 Å². The summed E-state index contributed by atoms with van der Waals surface area (Å²) < 4.78 is 0. The van der Waals surface area contributed by atoms with Crippen molar-refractivity contribution in [1.82, 2.24) is 0 Å². The molecule has 33 valence electrons. The first kappa shape index (κ1) is 15.9. The van der Waals surface area contributed by atoms with Crippen molar-refractivity contribution in [3.05, 3.63) is 0 Å². The summed E-state index contributed by atoms with van der Waals surface area (Å²) >= 11 is 0. The third kappa shape index (κ3) is 1410. The second kappa shape index (κ2) is 42.1. The van der Waals surface area contributed by atoms with Crippen molar-refractivity contribution >= 4 is 41.7 Å². The Balaban J connectivity index is -0.0000000400. The SMILES string of the molecule is N=C=O.N=C=O.[Na]. The zero-order valence-electron chi connectivity index (χ0n) is 3.82. The van der Waals surface area contributed by atoms with Crippen molar-refractivity contribution in [2.45, 2.75) is 0 Å². The van der Waals surface area contributed by atoms with Gasteiger partial charge in [0.15, 0.2) is 0 Å². The van der Waals surface area contributed by atoms with Crippen molar-refractivity contribution in [2.24, 2.45) is 0 Å². The Kier molecular flexibility index (Phi) is 95.5. The quantitative estimate of drug-likeness (QED) is 0.248. The van der Waals surface area contributed by atoms with Gasteiger partial charge in [0, 0.05) is 29.6 Å². The minimum absolute atomic E-state index is 0. The topological polar surface area (TPSA) is 81.8 Å². The minimum Gasteiger partial charge on any atom is -0.222 e. The molecule has 0 rings (SSSR count). The van der Waals surface area contributed by atoms with Crippen LogP contribution in [0.15, 0.2) is 0 Å². The molecule has 1 radical (unpaired) electrons. The van der Waals surface area contributed by atoms with Crippen LogP contribution in [0.3, 0.4) is 0 Å². The zero-order chi connectivity index (χ0) is 5.41. The summed E-state index contributed by atoms with van der Waals surface area (Å²) in [4.78, 5) is 16.7. The molecule has 0 saturated heterocycles. The maximum absolute atomic E-state index is 8.35. The van der Waals surface area contributed by atoms with Gasteiger partial charge in [0.2, 0.25) is 12.2 Å². The van der Waals surface area contributed by atoms with Crippen LogP contribution in [0.25, 0.3) is 0 Å². The van der Waals surface area contributed by atoms with Gasteiger partial charge in [0.25, 0.3) is 0 Å². The number of rotatable bonds is 0. The van der Waals surface area contributed by atoms with Crippen LogP contribution >= 0.6 is 0 Å². The number of hydrogen-bond donors (Lipinski definition) is 2. The maximum atomic E-state index is 8.35. The molecular formula is C2H2N2NaO2. The molecule has 0 aliphatic heterocycles. The normalized spacial score (nSPS) is 2.29. The molecule has 0 saturated carbocycles. The van der Waals surface area contributed by atoms with Gasteiger partial charge in [-0.05, 0) is 0 Å². The maximum Gasteiger partial charge on any atom is 0.231 e. The van der Waals surface area contributed by atoms with Crippen LogP contribution in [0.5, 0.6) is 0 Å². The van der Waals surface area contributed by atoms with Crippen LogP contribution < -0.4 is 0 Å². The van der Waals surface area contributed by atoms with Gasteiger partial charge >= 0.3 is 0 Å². The smallest absolute Gasteiger partial charge is 0.222 e. The van der Waals surface area contributed by atoms with Crippen LogP contribution in [0.4, 0.5) is 0 Å². The summed E-state index contributed by atoms with van der Waals surface area (Å²) in [7, 11) is 0. The number of nitrogens with one attached hydrogen (secondary N) is 2. The molecule has 0 unspecified atom stereocenters. The molecule has 0 aromatic rings. The van der Waals surface area contributed by atoms with E-state index in [0.717, 1.165) is 12.2 Å². The van der Waals surface area contributed by atoms with Crippen LogP contribution in [-0.2, 0) is 9.59 Å². The Morgan fingerprint density at radius 2 is 1.00 bits per heavy atom. The predicted molar refractivity (Wildman–Crippen MR) is 22.6 cm³/mol. The molecule has 0 atom stereocenters. The first-order valence-electron chi connectivity index (χ1n) is 0.908. The van der Waals surface area contributed by atoms with Gasteiger partial charge in [-0.15, -0.1) is 0 Å². The third-order valence-corrected chi connectivity index (χ3v) is 0. The molecule has 0 aromatic heterocycles.